The average Bonchev–Trinajstić information content (AvgIpc) is 2.60. The second-order valence-corrected chi connectivity index (χ2v) is 7.48. The molecule has 1 heterocycles. The van der Waals surface area contributed by atoms with Crippen molar-refractivity contribution in [1.82, 2.24) is 9.88 Å². The molecule has 0 aliphatic carbocycles. The average molecular weight is 364 g/mol. The first-order valence-electron chi connectivity index (χ1n) is 7.92. The first kappa shape index (κ1) is 19.0. The Kier molecular flexibility index (Phi) is 6.60. The zero-order valence-corrected chi connectivity index (χ0v) is 15.5. The molecule has 2 aromatic rings. The minimum Gasteiger partial charge on any atom is -0.497 e. The topological polar surface area (TPSA) is 83.6 Å². The van der Waals surface area contributed by atoms with E-state index in [9.17, 15) is 8.42 Å². The van der Waals surface area contributed by atoms with Crippen molar-refractivity contribution in [3.63, 3.8) is 0 Å². The normalized spacial score (nSPS) is 11.4. The Balaban J connectivity index is 1.95. The SMILES string of the molecule is COc1ccc(S(=O)(=O)Nc2ccc(NCCCN(C)C)cn2)cc1. The van der Waals surface area contributed by atoms with E-state index in [-0.39, 0.29) is 10.7 Å². The third-order valence-electron chi connectivity index (χ3n) is 3.48. The van der Waals surface area contributed by atoms with Crippen LogP contribution in [0.3, 0.4) is 0 Å². The number of benzene rings is 1. The molecule has 0 amide bonds. The third-order valence-corrected chi connectivity index (χ3v) is 4.85. The summed E-state index contributed by atoms with van der Waals surface area (Å²) in [6.45, 7) is 1.83. The highest BCUT2D eigenvalue weighted by Gasteiger charge is 2.14. The molecule has 0 radical (unpaired) electrons. The van der Waals surface area contributed by atoms with Gasteiger partial charge in [-0.25, -0.2) is 13.4 Å². The molecule has 0 saturated carbocycles. The van der Waals surface area contributed by atoms with Crippen LogP contribution in [0.2, 0.25) is 0 Å². The smallest absolute Gasteiger partial charge is 0.263 e. The molecular formula is C17H24N4O3S. The summed E-state index contributed by atoms with van der Waals surface area (Å²) in [4.78, 5) is 6.42. The highest BCUT2D eigenvalue weighted by atomic mass is 32.2. The van der Waals surface area contributed by atoms with Crippen LogP contribution in [0.5, 0.6) is 5.75 Å². The summed E-state index contributed by atoms with van der Waals surface area (Å²) in [5.41, 5.74) is 0.853. The number of ether oxygens (including phenoxy) is 1. The van der Waals surface area contributed by atoms with Crippen LogP contribution in [0.4, 0.5) is 11.5 Å². The third kappa shape index (κ3) is 5.91. The Morgan fingerprint density at radius 1 is 1.12 bits per heavy atom. The molecule has 0 bridgehead atoms. The minimum atomic E-state index is -3.68. The van der Waals surface area contributed by atoms with Gasteiger partial charge in [-0.1, -0.05) is 0 Å². The Morgan fingerprint density at radius 2 is 1.84 bits per heavy atom. The van der Waals surface area contributed by atoms with Crippen LogP contribution < -0.4 is 14.8 Å². The summed E-state index contributed by atoms with van der Waals surface area (Å²) in [7, 11) is 1.92. The van der Waals surface area contributed by atoms with Gasteiger partial charge in [-0.2, -0.15) is 0 Å². The summed E-state index contributed by atoms with van der Waals surface area (Å²) in [5.74, 6) is 0.872. The lowest BCUT2D eigenvalue weighted by molar-refractivity contribution is 0.405. The largest absolute Gasteiger partial charge is 0.497 e. The van der Waals surface area contributed by atoms with E-state index in [0.717, 1.165) is 25.2 Å². The molecule has 1 aromatic heterocycles. The number of anilines is 2. The van der Waals surface area contributed by atoms with Crippen LogP contribution in [-0.2, 0) is 10.0 Å². The Bertz CT molecular complexity index is 759. The number of sulfonamides is 1. The lowest BCUT2D eigenvalue weighted by Crippen LogP contribution is -2.16. The first-order chi connectivity index (χ1) is 11.9. The Hall–Kier alpha value is -2.32. The zero-order chi connectivity index (χ0) is 18.3. The van der Waals surface area contributed by atoms with E-state index in [2.05, 4.69) is 19.9 Å². The van der Waals surface area contributed by atoms with Crippen molar-refractivity contribution in [2.45, 2.75) is 11.3 Å². The molecule has 0 atom stereocenters. The van der Waals surface area contributed by atoms with Gasteiger partial charge >= 0.3 is 0 Å². The van der Waals surface area contributed by atoms with Gasteiger partial charge in [0, 0.05) is 6.54 Å². The van der Waals surface area contributed by atoms with Gasteiger partial charge in [0.15, 0.2) is 0 Å². The van der Waals surface area contributed by atoms with Gasteiger partial charge in [-0.05, 0) is 63.5 Å². The zero-order valence-electron chi connectivity index (χ0n) is 14.7. The van der Waals surface area contributed by atoms with Crippen molar-refractivity contribution < 1.29 is 13.2 Å². The van der Waals surface area contributed by atoms with Gasteiger partial charge in [0.25, 0.3) is 10.0 Å². The number of nitrogens with zero attached hydrogens (tertiary/aromatic N) is 2. The second-order valence-electron chi connectivity index (χ2n) is 5.80. The number of pyridine rings is 1. The van der Waals surface area contributed by atoms with Gasteiger partial charge in [0.2, 0.25) is 0 Å². The monoisotopic (exact) mass is 364 g/mol. The van der Waals surface area contributed by atoms with E-state index in [0.29, 0.717) is 5.75 Å². The minimum absolute atomic E-state index is 0.154. The Labute approximate surface area is 149 Å². The van der Waals surface area contributed by atoms with Crippen LogP contribution in [-0.4, -0.2) is 52.6 Å². The second kappa shape index (κ2) is 8.68. The fourth-order valence-corrected chi connectivity index (χ4v) is 3.15. The van der Waals surface area contributed by atoms with Crippen LogP contribution >= 0.6 is 0 Å². The fraction of sp³-hybridized carbons (Fsp3) is 0.353. The summed E-state index contributed by atoms with van der Waals surface area (Å²) >= 11 is 0. The molecule has 0 fully saturated rings. The van der Waals surface area contributed by atoms with E-state index < -0.39 is 10.0 Å². The summed E-state index contributed by atoms with van der Waals surface area (Å²) in [6, 6.07) is 9.61. The predicted molar refractivity (Wildman–Crippen MR) is 99.7 cm³/mol. The number of methoxy groups -OCH3 is 1. The van der Waals surface area contributed by atoms with Gasteiger partial charge < -0.3 is 15.0 Å². The number of rotatable bonds is 9. The van der Waals surface area contributed by atoms with E-state index >= 15 is 0 Å². The molecule has 0 spiro atoms. The van der Waals surface area contributed by atoms with Crippen molar-refractivity contribution in [3.05, 3.63) is 42.6 Å². The van der Waals surface area contributed by atoms with Crippen LogP contribution in [0, 0.1) is 0 Å². The first-order valence-corrected chi connectivity index (χ1v) is 9.40. The van der Waals surface area contributed by atoms with Crippen LogP contribution in [0.25, 0.3) is 0 Å². The molecule has 0 saturated heterocycles. The maximum Gasteiger partial charge on any atom is 0.263 e. The van der Waals surface area contributed by atoms with Crippen molar-refractivity contribution in [2.75, 3.05) is 44.3 Å². The molecule has 136 valence electrons. The van der Waals surface area contributed by atoms with E-state index in [1.807, 2.05) is 14.1 Å². The van der Waals surface area contributed by atoms with Gasteiger partial charge in [0.05, 0.1) is 23.9 Å². The molecule has 0 aliphatic heterocycles. The number of nitrogens with one attached hydrogen (secondary N) is 2. The number of hydrogen-bond donors (Lipinski definition) is 2. The maximum atomic E-state index is 12.3. The standard InChI is InChI=1S/C17H24N4O3S/c1-21(2)12-4-11-18-14-5-10-17(19-13-14)20-25(22,23)16-8-6-15(24-3)7-9-16/h5-10,13,18H,4,11-12H2,1-3H3,(H,19,20). The molecule has 2 rings (SSSR count). The quantitative estimate of drug-likeness (QED) is 0.664. The molecule has 8 heteroatoms. The van der Waals surface area contributed by atoms with Gasteiger partial charge in [0.1, 0.15) is 11.6 Å². The molecule has 0 aliphatic rings. The summed E-state index contributed by atoms with van der Waals surface area (Å²) in [5, 5.41) is 3.25. The predicted octanol–water partition coefficient (Wildman–Crippen LogP) is 2.25. The Morgan fingerprint density at radius 3 is 2.40 bits per heavy atom. The van der Waals surface area contributed by atoms with Crippen molar-refractivity contribution in [1.29, 1.82) is 0 Å². The van der Waals surface area contributed by atoms with Gasteiger partial charge in [-0.15, -0.1) is 0 Å². The lowest BCUT2D eigenvalue weighted by Gasteiger charge is -2.11. The maximum absolute atomic E-state index is 12.3. The summed E-state index contributed by atoms with van der Waals surface area (Å²) in [6.07, 6.45) is 2.63. The van der Waals surface area contributed by atoms with E-state index in [4.69, 9.17) is 4.74 Å². The molecule has 25 heavy (non-hydrogen) atoms. The molecule has 2 N–H and O–H groups in total. The number of hydrogen-bond acceptors (Lipinski definition) is 6. The van der Waals surface area contributed by atoms with E-state index in [1.54, 1.807) is 30.5 Å². The van der Waals surface area contributed by atoms with Crippen molar-refractivity contribution >= 4 is 21.5 Å². The van der Waals surface area contributed by atoms with E-state index in [1.165, 1.54) is 19.2 Å². The van der Waals surface area contributed by atoms with Gasteiger partial charge in [-0.3, -0.25) is 4.72 Å². The molecule has 7 nitrogen and oxygen atoms in total. The molecular weight excluding hydrogens is 340 g/mol. The molecule has 0 unspecified atom stereocenters. The summed E-state index contributed by atoms with van der Waals surface area (Å²) < 4.78 is 32.2. The number of aromatic nitrogens is 1. The van der Waals surface area contributed by atoms with Crippen molar-refractivity contribution in [3.8, 4) is 5.75 Å². The van der Waals surface area contributed by atoms with Crippen molar-refractivity contribution in [2.24, 2.45) is 0 Å². The van der Waals surface area contributed by atoms with Crippen LogP contribution in [0.1, 0.15) is 6.42 Å². The molecule has 1 aromatic carbocycles. The fourth-order valence-electron chi connectivity index (χ4n) is 2.14. The lowest BCUT2D eigenvalue weighted by atomic mass is 10.3. The van der Waals surface area contributed by atoms with Crippen LogP contribution in [0.15, 0.2) is 47.5 Å². The highest BCUT2D eigenvalue weighted by molar-refractivity contribution is 7.92. The highest BCUT2D eigenvalue weighted by Crippen LogP contribution is 2.18.